The fraction of sp³-hybridized carbons (Fsp3) is 0.0800. The molecule has 17 aromatic rings. The molecule has 0 bridgehead atoms. The molecular weight excluding hydrogens is 1250 g/mol. The van der Waals surface area contributed by atoms with Gasteiger partial charge >= 0.3 is 0 Å². The highest BCUT2D eigenvalue weighted by Gasteiger charge is 2.46. The Bertz CT molecular complexity index is 6630. The van der Waals surface area contributed by atoms with E-state index in [1.165, 1.54) is 0 Å². The molecule has 3 heterocycles. The van der Waals surface area contributed by atoms with Gasteiger partial charge in [-0.15, -0.1) is 0 Å². The molecule has 0 atom stereocenters. The van der Waals surface area contributed by atoms with Crippen LogP contribution >= 0.6 is 0 Å². The third-order valence-corrected chi connectivity index (χ3v) is 21.5. The highest BCUT2D eigenvalue weighted by molar-refractivity contribution is 7.00. The summed E-state index contributed by atoms with van der Waals surface area (Å²) in [6.07, 6.45) is 0. The molecule has 19 rings (SSSR count). The Morgan fingerprint density at radius 2 is 0.769 bits per heavy atom. The Labute approximate surface area is 619 Å². The Kier molecular flexibility index (Phi) is 13.1. The summed E-state index contributed by atoms with van der Waals surface area (Å²) in [5, 5.41) is 4.80. The van der Waals surface area contributed by atoms with E-state index in [0.29, 0.717) is 11.3 Å². The Morgan fingerprint density at radius 3 is 1.41 bits per heavy atom. The fourth-order valence-corrected chi connectivity index (χ4v) is 16.3. The molecule has 0 saturated heterocycles. The van der Waals surface area contributed by atoms with Crippen LogP contribution in [0.5, 0.6) is 0 Å². The van der Waals surface area contributed by atoms with Crippen molar-refractivity contribution in [3.8, 4) is 83.6 Å². The van der Waals surface area contributed by atoms with Gasteiger partial charge in [-0.25, -0.2) is 0 Å². The van der Waals surface area contributed by atoms with Crippen LogP contribution in [0.2, 0.25) is 0 Å². The molecule has 2 aliphatic heterocycles. The minimum absolute atomic E-state index is 0.0984. The molecule has 0 spiro atoms. The van der Waals surface area contributed by atoms with Crippen molar-refractivity contribution in [1.82, 2.24) is 4.57 Å². The second-order valence-corrected chi connectivity index (χ2v) is 29.8. The molecule has 0 saturated carbocycles. The first-order valence-electron chi connectivity index (χ1n) is 39.5. The number of aromatic nitrogens is 1. The molecule has 3 nitrogen and oxygen atoms in total. The van der Waals surface area contributed by atoms with Gasteiger partial charge in [-0.05, 0) is 188 Å². The van der Waals surface area contributed by atoms with Crippen molar-refractivity contribution in [2.24, 2.45) is 0 Å². The summed E-state index contributed by atoms with van der Waals surface area (Å²) in [6, 6.07) is 109. The smallest absolute Gasteiger partial charge is 0.252 e. The largest absolute Gasteiger partial charge is 0.310 e. The monoisotopic (exact) mass is 1340 g/mol. The zero-order valence-electron chi connectivity index (χ0n) is 65.9. The SMILES string of the molecule is [2H]c1c([2H])c([2H])c2c(c1[2H])c1c([2H])c(-c3ccccc3)c([2H])c([2H])c1n2-c1ccc2c(c1)N(c1c(-c3ccccc3)cc(C(C)(C)C)cc1-c1ccc3ccc4ccccc4c3c1)c1cc(C(C)(C)C)cc3c1B2c1cc(-c2cccc(-c4ccccc4)c2)ccc1N3c1c(-c2ccccc2)cccc1-c1ccccc1. The van der Waals surface area contributed by atoms with Crippen LogP contribution in [0.25, 0.3) is 127 Å². The molecule has 0 N–H and O–H groups in total. The summed E-state index contributed by atoms with van der Waals surface area (Å²) in [6.45, 7) is 13.3. The summed E-state index contributed by atoms with van der Waals surface area (Å²) in [7, 11) is 0. The third kappa shape index (κ3) is 10.5. The second-order valence-electron chi connectivity index (χ2n) is 29.8. The van der Waals surface area contributed by atoms with E-state index in [9.17, 15) is 9.60 Å². The molecule has 0 aliphatic carbocycles. The van der Waals surface area contributed by atoms with Gasteiger partial charge < -0.3 is 14.4 Å². The third-order valence-electron chi connectivity index (χ3n) is 21.5. The van der Waals surface area contributed by atoms with E-state index < -0.39 is 24.2 Å². The van der Waals surface area contributed by atoms with Crippen molar-refractivity contribution in [3.05, 3.63) is 363 Å². The van der Waals surface area contributed by atoms with E-state index in [1.54, 1.807) is 4.57 Å². The van der Waals surface area contributed by atoms with Gasteiger partial charge in [0, 0.05) is 61.5 Å². The molecule has 16 aromatic carbocycles. The lowest BCUT2D eigenvalue weighted by molar-refractivity contribution is 0.590. The van der Waals surface area contributed by atoms with E-state index >= 15 is 0 Å². The zero-order chi connectivity index (χ0) is 76.0. The summed E-state index contributed by atoms with van der Waals surface area (Å²) >= 11 is 0. The minimum atomic E-state index is -0.489. The van der Waals surface area contributed by atoms with E-state index in [-0.39, 0.29) is 63.0 Å². The molecule has 104 heavy (non-hydrogen) atoms. The van der Waals surface area contributed by atoms with Crippen molar-refractivity contribution in [1.29, 1.82) is 0 Å². The molecule has 0 radical (unpaired) electrons. The van der Waals surface area contributed by atoms with Crippen molar-refractivity contribution >= 4 is 101 Å². The second kappa shape index (κ2) is 24.6. The number of hydrogen-bond donors (Lipinski definition) is 0. The van der Waals surface area contributed by atoms with Gasteiger partial charge in [-0.3, -0.25) is 0 Å². The molecular formula is C100H76BN3. The maximum Gasteiger partial charge on any atom is 0.252 e. The van der Waals surface area contributed by atoms with Gasteiger partial charge in [0.2, 0.25) is 0 Å². The minimum Gasteiger partial charge on any atom is -0.310 e. The van der Waals surface area contributed by atoms with Crippen LogP contribution in [0.15, 0.2) is 352 Å². The normalized spacial score (nSPS) is 13.6. The van der Waals surface area contributed by atoms with E-state index in [0.717, 1.165) is 150 Å². The summed E-state index contributed by atoms with van der Waals surface area (Å²) in [4.78, 5) is 5.09. The van der Waals surface area contributed by atoms with Gasteiger partial charge in [-0.2, -0.15) is 0 Å². The van der Waals surface area contributed by atoms with Gasteiger partial charge in [-0.1, -0.05) is 320 Å². The van der Waals surface area contributed by atoms with Gasteiger partial charge in [0.1, 0.15) is 0 Å². The lowest BCUT2D eigenvalue weighted by atomic mass is 9.33. The summed E-state index contributed by atoms with van der Waals surface area (Å²) < 4.78 is 71.1. The number of hydrogen-bond acceptors (Lipinski definition) is 2. The first-order valence-corrected chi connectivity index (χ1v) is 36.0. The quantitative estimate of drug-likeness (QED) is 0.0999. The van der Waals surface area contributed by atoms with Crippen LogP contribution in [0.1, 0.15) is 62.3 Å². The Balaban J connectivity index is 1.01. The first-order chi connectivity index (χ1) is 53.8. The van der Waals surface area contributed by atoms with Gasteiger partial charge in [0.15, 0.2) is 0 Å². The van der Waals surface area contributed by atoms with Crippen LogP contribution in [0.3, 0.4) is 0 Å². The fourth-order valence-electron chi connectivity index (χ4n) is 16.3. The van der Waals surface area contributed by atoms with E-state index in [4.69, 9.17) is 0 Å². The van der Waals surface area contributed by atoms with Crippen LogP contribution in [0.4, 0.5) is 34.1 Å². The first kappa shape index (κ1) is 55.2. The topological polar surface area (TPSA) is 11.4 Å². The number of fused-ring (bicyclic) bond motifs is 10. The molecule has 0 amide bonds. The molecule has 4 heteroatoms. The average molecular weight is 1340 g/mol. The maximum absolute atomic E-state index is 10.3. The van der Waals surface area contributed by atoms with Crippen LogP contribution in [-0.4, -0.2) is 11.3 Å². The van der Waals surface area contributed by atoms with Gasteiger partial charge in [0.25, 0.3) is 6.71 Å². The van der Waals surface area contributed by atoms with Crippen LogP contribution < -0.4 is 26.2 Å². The lowest BCUT2D eigenvalue weighted by Gasteiger charge is -2.46. The number of rotatable bonds is 10. The van der Waals surface area contributed by atoms with Crippen molar-refractivity contribution in [2.45, 2.75) is 52.4 Å². The summed E-state index contributed by atoms with van der Waals surface area (Å²) in [5.41, 5.74) is 24.2. The molecule has 494 valence electrons. The van der Waals surface area contributed by atoms with Crippen molar-refractivity contribution < 1.29 is 9.60 Å². The maximum atomic E-state index is 10.3. The van der Waals surface area contributed by atoms with E-state index in [2.05, 4.69) is 324 Å². The average Bonchev–Trinajstić information content (AvgIpc) is 1.38. The molecule has 1 aromatic heterocycles. The predicted octanol–water partition coefficient (Wildman–Crippen LogP) is 25.4. The summed E-state index contributed by atoms with van der Waals surface area (Å²) in [5.74, 6) is 0. The highest BCUT2D eigenvalue weighted by Crippen LogP contribution is 2.55. The lowest BCUT2D eigenvalue weighted by Crippen LogP contribution is -2.61. The van der Waals surface area contributed by atoms with Crippen LogP contribution in [-0.2, 0) is 10.8 Å². The van der Waals surface area contributed by atoms with Gasteiger partial charge in [0.05, 0.1) is 32.0 Å². The standard InChI is InChI=1S/C100H76BN3/c1-99(2,3)77-60-85(69-36-20-11-21-37-69)98(86(61-77)76-49-48-71-47-46-70-38-22-23-41-80(70)84(71)58-76)104-93-64-79(102-90-45-25-24-42-83(90)87-57-74(50-54-91(87)102)66-30-14-8-15-31-66)52-53-88(93)101-89-59-75(73-40-26-39-72(56-73)65-28-12-7-13-29-65)51-55-92(89)103(94-62-78(100(4,5)6)63-95(104)96(94)101)97-81(67-32-16-9-17-33-67)43-27-44-82(97)68-34-18-10-19-35-68/h7-64H,1-6H3/i24D,25D,42D,45D,50D,54D,57D. The molecule has 0 unspecified atom stereocenters. The number of nitrogens with zero attached hydrogens (tertiary/aromatic N) is 3. The number of anilines is 6. The Hall–Kier alpha value is -12.5. The number of benzene rings is 16. The Morgan fingerprint density at radius 1 is 0.288 bits per heavy atom. The van der Waals surface area contributed by atoms with Crippen molar-refractivity contribution in [3.63, 3.8) is 0 Å². The highest BCUT2D eigenvalue weighted by atomic mass is 15.2. The zero-order valence-corrected chi connectivity index (χ0v) is 58.9. The molecule has 2 aliphatic rings. The van der Waals surface area contributed by atoms with Crippen LogP contribution in [0, 0.1) is 0 Å². The van der Waals surface area contributed by atoms with Crippen molar-refractivity contribution in [2.75, 3.05) is 9.80 Å². The number of para-hydroxylation sites is 2. The predicted molar refractivity (Wildman–Crippen MR) is 445 cm³/mol. The van der Waals surface area contributed by atoms with E-state index in [1.807, 2.05) is 36.4 Å². The molecule has 0 fully saturated rings.